The number of nitrogens with one attached hydrogen (secondary N) is 2. The second-order valence-electron chi connectivity index (χ2n) is 5.30. The summed E-state index contributed by atoms with van der Waals surface area (Å²) in [5.41, 5.74) is 0.815. The molecule has 2 N–H and O–H groups in total. The van der Waals surface area contributed by atoms with Crippen molar-refractivity contribution in [1.82, 2.24) is 15.3 Å². The highest BCUT2D eigenvalue weighted by molar-refractivity contribution is 5.07. The topological polar surface area (TPSA) is 49.9 Å². The standard InChI is InChI=1S/C14H27N3O/c1-6-14(5,18-7-2)13-16-10-12(17-13)9-15-8-11(3)4/h10-11,15H,6-9H2,1-5H3,(H,16,17). The molecule has 0 aromatic carbocycles. The van der Waals surface area contributed by atoms with Crippen molar-refractivity contribution in [2.75, 3.05) is 13.2 Å². The molecule has 0 aliphatic rings. The third kappa shape index (κ3) is 4.10. The van der Waals surface area contributed by atoms with Gasteiger partial charge in [-0.2, -0.15) is 0 Å². The van der Waals surface area contributed by atoms with Gasteiger partial charge in [0.25, 0.3) is 0 Å². The van der Waals surface area contributed by atoms with Gasteiger partial charge in [0.15, 0.2) is 0 Å². The van der Waals surface area contributed by atoms with Crippen molar-refractivity contribution in [3.63, 3.8) is 0 Å². The van der Waals surface area contributed by atoms with E-state index in [1.54, 1.807) is 0 Å². The van der Waals surface area contributed by atoms with E-state index in [0.29, 0.717) is 12.5 Å². The Balaban J connectivity index is 2.61. The largest absolute Gasteiger partial charge is 0.368 e. The molecule has 1 heterocycles. The van der Waals surface area contributed by atoms with Crippen LogP contribution in [0, 0.1) is 5.92 Å². The number of hydrogen-bond acceptors (Lipinski definition) is 3. The van der Waals surface area contributed by atoms with E-state index in [1.807, 2.05) is 13.1 Å². The lowest BCUT2D eigenvalue weighted by Crippen LogP contribution is -2.26. The van der Waals surface area contributed by atoms with Crippen LogP contribution in [0.1, 0.15) is 52.6 Å². The third-order valence-electron chi connectivity index (χ3n) is 3.13. The predicted octanol–water partition coefficient (Wildman–Crippen LogP) is 2.82. The summed E-state index contributed by atoms with van der Waals surface area (Å²) in [5.74, 6) is 1.59. The Morgan fingerprint density at radius 1 is 1.44 bits per heavy atom. The smallest absolute Gasteiger partial charge is 0.138 e. The number of nitrogens with zero attached hydrogens (tertiary/aromatic N) is 1. The summed E-state index contributed by atoms with van der Waals surface area (Å²) < 4.78 is 5.81. The van der Waals surface area contributed by atoms with E-state index in [9.17, 15) is 0 Å². The van der Waals surface area contributed by atoms with Gasteiger partial charge in [-0.15, -0.1) is 0 Å². The maximum atomic E-state index is 5.81. The first-order valence-corrected chi connectivity index (χ1v) is 6.90. The lowest BCUT2D eigenvalue weighted by atomic mass is 10.0. The quantitative estimate of drug-likeness (QED) is 0.749. The average molecular weight is 253 g/mol. The summed E-state index contributed by atoms with van der Waals surface area (Å²) in [6, 6.07) is 0. The fraction of sp³-hybridized carbons (Fsp3) is 0.786. The first-order valence-electron chi connectivity index (χ1n) is 6.90. The number of imidazole rings is 1. The number of rotatable bonds is 8. The highest BCUT2D eigenvalue weighted by atomic mass is 16.5. The minimum atomic E-state index is -0.301. The van der Waals surface area contributed by atoms with E-state index in [0.717, 1.165) is 31.0 Å². The van der Waals surface area contributed by atoms with E-state index >= 15 is 0 Å². The number of aromatic amines is 1. The van der Waals surface area contributed by atoms with Crippen LogP contribution in [0.25, 0.3) is 0 Å². The molecule has 0 aliphatic heterocycles. The second kappa shape index (κ2) is 6.90. The van der Waals surface area contributed by atoms with Crippen LogP contribution in [0.15, 0.2) is 6.20 Å². The molecule has 18 heavy (non-hydrogen) atoms. The molecule has 4 heteroatoms. The zero-order valence-electron chi connectivity index (χ0n) is 12.3. The van der Waals surface area contributed by atoms with E-state index in [1.165, 1.54) is 0 Å². The van der Waals surface area contributed by atoms with Gasteiger partial charge >= 0.3 is 0 Å². The molecule has 0 bridgehead atoms. The first-order chi connectivity index (χ1) is 8.51. The number of hydrogen-bond donors (Lipinski definition) is 2. The monoisotopic (exact) mass is 253 g/mol. The molecule has 0 saturated carbocycles. The Labute approximate surface area is 111 Å². The van der Waals surface area contributed by atoms with Crippen LogP contribution >= 0.6 is 0 Å². The Hall–Kier alpha value is -0.870. The van der Waals surface area contributed by atoms with Crippen molar-refractivity contribution in [3.8, 4) is 0 Å². The zero-order chi connectivity index (χ0) is 13.6. The van der Waals surface area contributed by atoms with Gasteiger partial charge in [-0.25, -0.2) is 4.98 Å². The Morgan fingerprint density at radius 2 is 2.17 bits per heavy atom. The fourth-order valence-corrected chi connectivity index (χ4v) is 1.87. The average Bonchev–Trinajstić information content (AvgIpc) is 2.78. The molecule has 1 atom stereocenters. The van der Waals surface area contributed by atoms with Crippen molar-refractivity contribution in [2.45, 2.75) is 53.2 Å². The molecule has 104 valence electrons. The molecular weight excluding hydrogens is 226 g/mol. The summed E-state index contributed by atoms with van der Waals surface area (Å²) in [6.45, 7) is 13.2. The van der Waals surface area contributed by atoms with Gasteiger partial charge in [0.2, 0.25) is 0 Å². The number of H-pyrrole nitrogens is 1. The van der Waals surface area contributed by atoms with Crippen LogP contribution in [0.2, 0.25) is 0 Å². The second-order valence-corrected chi connectivity index (χ2v) is 5.30. The predicted molar refractivity (Wildman–Crippen MR) is 74.4 cm³/mol. The molecule has 1 rings (SSSR count). The molecule has 0 amide bonds. The highest BCUT2D eigenvalue weighted by Crippen LogP contribution is 2.26. The SMILES string of the molecule is CCOC(C)(CC)c1ncc(CNCC(C)C)[nH]1. The van der Waals surface area contributed by atoms with Crippen molar-refractivity contribution in [3.05, 3.63) is 17.7 Å². The minimum Gasteiger partial charge on any atom is -0.368 e. The molecule has 4 nitrogen and oxygen atoms in total. The molecule has 1 unspecified atom stereocenters. The Kier molecular flexibility index (Phi) is 5.82. The molecular formula is C14H27N3O. The van der Waals surface area contributed by atoms with Crippen LogP contribution < -0.4 is 5.32 Å². The Morgan fingerprint density at radius 3 is 2.72 bits per heavy atom. The van der Waals surface area contributed by atoms with Crippen molar-refractivity contribution >= 4 is 0 Å². The molecule has 0 radical (unpaired) electrons. The van der Waals surface area contributed by atoms with Crippen molar-refractivity contribution in [1.29, 1.82) is 0 Å². The zero-order valence-corrected chi connectivity index (χ0v) is 12.3. The van der Waals surface area contributed by atoms with Crippen LogP contribution in [0.3, 0.4) is 0 Å². The number of ether oxygens (including phenoxy) is 1. The molecule has 1 aromatic rings. The van der Waals surface area contributed by atoms with Gasteiger partial charge in [0, 0.05) is 25.0 Å². The van der Waals surface area contributed by atoms with Gasteiger partial charge in [-0.3, -0.25) is 0 Å². The van der Waals surface area contributed by atoms with E-state index in [2.05, 4.69) is 43.0 Å². The van der Waals surface area contributed by atoms with Crippen molar-refractivity contribution < 1.29 is 4.74 Å². The maximum absolute atomic E-state index is 5.81. The van der Waals surface area contributed by atoms with E-state index in [4.69, 9.17) is 4.74 Å². The van der Waals surface area contributed by atoms with Crippen LogP contribution in [-0.2, 0) is 16.9 Å². The van der Waals surface area contributed by atoms with E-state index in [-0.39, 0.29) is 5.60 Å². The van der Waals surface area contributed by atoms with E-state index < -0.39 is 0 Å². The van der Waals surface area contributed by atoms with Crippen LogP contribution in [0.4, 0.5) is 0 Å². The summed E-state index contributed by atoms with van der Waals surface area (Å²) in [4.78, 5) is 7.82. The van der Waals surface area contributed by atoms with Crippen molar-refractivity contribution in [2.24, 2.45) is 5.92 Å². The third-order valence-corrected chi connectivity index (χ3v) is 3.13. The minimum absolute atomic E-state index is 0.301. The molecule has 0 aliphatic carbocycles. The lowest BCUT2D eigenvalue weighted by molar-refractivity contribution is -0.0385. The Bertz CT molecular complexity index is 349. The summed E-state index contributed by atoms with van der Waals surface area (Å²) in [7, 11) is 0. The lowest BCUT2D eigenvalue weighted by Gasteiger charge is -2.25. The van der Waals surface area contributed by atoms with Gasteiger partial charge in [-0.05, 0) is 32.7 Å². The normalized spacial score (nSPS) is 15.0. The summed E-state index contributed by atoms with van der Waals surface area (Å²) >= 11 is 0. The molecule has 0 spiro atoms. The summed E-state index contributed by atoms with van der Waals surface area (Å²) in [5, 5.41) is 3.40. The summed E-state index contributed by atoms with van der Waals surface area (Å²) in [6.07, 6.45) is 2.81. The van der Waals surface area contributed by atoms with Gasteiger partial charge in [-0.1, -0.05) is 20.8 Å². The van der Waals surface area contributed by atoms with Gasteiger partial charge in [0.05, 0.1) is 0 Å². The van der Waals surface area contributed by atoms with Gasteiger partial charge in [0.1, 0.15) is 11.4 Å². The number of aromatic nitrogens is 2. The van der Waals surface area contributed by atoms with Crippen LogP contribution in [0.5, 0.6) is 0 Å². The van der Waals surface area contributed by atoms with Gasteiger partial charge < -0.3 is 15.0 Å². The molecule has 0 fully saturated rings. The molecule has 1 aromatic heterocycles. The van der Waals surface area contributed by atoms with Crippen LogP contribution in [-0.4, -0.2) is 23.1 Å². The first kappa shape index (κ1) is 15.2. The fourth-order valence-electron chi connectivity index (χ4n) is 1.87. The highest BCUT2D eigenvalue weighted by Gasteiger charge is 2.28. The molecule has 0 saturated heterocycles. The maximum Gasteiger partial charge on any atom is 0.138 e.